The van der Waals surface area contributed by atoms with E-state index in [0.29, 0.717) is 11.4 Å². The van der Waals surface area contributed by atoms with Crippen LogP contribution in [-0.2, 0) is 14.6 Å². The van der Waals surface area contributed by atoms with Gasteiger partial charge in [0.25, 0.3) is 0 Å². The number of H-pyrrole nitrogens is 1. The van der Waals surface area contributed by atoms with Crippen molar-refractivity contribution in [3.63, 3.8) is 0 Å². The van der Waals surface area contributed by atoms with Gasteiger partial charge in [-0.3, -0.25) is 10.1 Å². The van der Waals surface area contributed by atoms with Crippen molar-refractivity contribution < 1.29 is 18.3 Å². The lowest BCUT2D eigenvalue weighted by molar-refractivity contribution is -0.117. The highest BCUT2D eigenvalue weighted by Gasteiger charge is 2.43. The summed E-state index contributed by atoms with van der Waals surface area (Å²) in [5, 5.41) is 19.7. The molecule has 0 bridgehead atoms. The Bertz CT molecular complexity index is 929. The summed E-state index contributed by atoms with van der Waals surface area (Å²) in [6, 6.07) is 6.33. The van der Waals surface area contributed by atoms with E-state index < -0.39 is 20.5 Å². The molecule has 1 aromatic heterocycles. The number of hydrogen-bond donors (Lipinski definition) is 3. The van der Waals surface area contributed by atoms with E-state index in [4.69, 9.17) is 0 Å². The number of carbonyl (C=O) groups is 1. The highest BCUT2D eigenvalue weighted by Crippen LogP contribution is 2.29. The van der Waals surface area contributed by atoms with Gasteiger partial charge in [0, 0.05) is 5.56 Å². The zero-order valence-electron chi connectivity index (χ0n) is 16.1. The Hall–Kier alpha value is -2.42. The standard InChI is InChI=1S/C19H26N4O4S/c1-19(2,28(26,27)12-13-6-4-3-5-7-13)17(25)21-18-20-16(22-23-18)14-8-10-15(24)11-9-14/h8-11,13,24H,3-7,12H2,1-2H3,(H2,20,21,22,23,25). The summed E-state index contributed by atoms with van der Waals surface area (Å²) < 4.78 is 24.2. The number of benzene rings is 1. The third-order valence-electron chi connectivity index (χ3n) is 5.36. The molecule has 2 aromatic rings. The molecule has 28 heavy (non-hydrogen) atoms. The second kappa shape index (κ2) is 7.90. The van der Waals surface area contributed by atoms with Gasteiger partial charge < -0.3 is 10.1 Å². The predicted molar refractivity (Wildman–Crippen MR) is 107 cm³/mol. The van der Waals surface area contributed by atoms with Gasteiger partial charge in [-0.1, -0.05) is 19.3 Å². The lowest BCUT2D eigenvalue weighted by Crippen LogP contribution is -2.47. The van der Waals surface area contributed by atoms with Gasteiger partial charge in [-0.05, 0) is 56.9 Å². The molecule has 9 heteroatoms. The van der Waals surface area contributed by atoms with E-state index in [0.717, 1.165) is 32.1 Å². The minimum Gasteiger partial charge on any atom is -0.508 e. The normalized spacial score (nSPS) is 16.1. The molecule has 1 aromatic carbocycles. The Kier molecular flexibility index (Phi) is 5.74. The maximum atomic E-state index is 12.9. The number of aromatic amines is 1. The maximum Gasteiger partial charge on any atom is 0.247 e. The summed E-state index contributed by atoms with van der Waals surface area (Å²) in [7, 11) is -3.63. The largest absolute Gasteiger partial charge is 0.508 e. The zero-order chi connectivity index (χ0) is 20.4. The van der Waals surface area contributed by atoms with E-state index in [1.54, 1.807) is 12.1 Å². The number of hydrogen-bond acceptors (Lipinski definition) is 6. The number of aromatic hydroxyl groups is 1. The Morgan fingerprint density at radius 3 is 2.46 bits per heavy atom. The first kappa shape index (κ1) is 20.3. The van der Waals surface area contributed by atoms with Gasteiger partial charge in [0.2, 0.25) is 11.9 Å². The molecule has 152 valence electrons. The van der Waals surface area contributed by atoms with Crippen LogP contribution in [0, 0.1) is 5.92 Å². The fourth-order valence-electron chi connectivity index (χ4n) is 3.34. The minimum atomic E-state index is -3.63. The summed E-state index contributed by atoms with van der Waals surface area (Å²) in [5.74, 6) is 0.116. The summed E-state index contributed by atoms with van der Waals surface area (Å²) in [6.07, 6.45) is 5.04. The fourth-order valence-corrected chi connectivity index (χ4v) is 5.04. The van der Waals surface area contributed by atoms with Crippen LogP contribution in [-0.4, -0.2) is 45.1 Å². The minimum absolute atomic E-state index is 0.0303. The molecule has 1 fully saturated rings. The third-order valence-corrected chi connectivity index (χ3v) is 8.01. The first-order chi connectivity index (χ1) is 13.2. The van der Waals surface area contributed by atoms with Crippen LogP contribution in [0.2, 0.25) is 0 Å². The van der Waals surface area contributed by atoms with Crippen molar-refractivity contribution >= 4 is 21.7 Å². The van der Waals surface area contributed by atoms with E-state index >= 15 is 0 Å². The third kappa shape index (κ3) is 4.35. The van der Waals surface area contributed by atoms with Crippen LogP contribution >= 0.6 is 0 Å². The van der Waals surface area contributed by atoms with Gasteiger partial charge in [0.15, 0.2) is 15.7 Å². The Balaban J connectivity index is 1.69. The Morgan fingerprint density at radius 1 is 1.18 bits per heavy atom. The summed E-state index contributed by atoms with van der Waals surface area (Å²) in [4.78, 5) is 15.6. The van der Waals surface area contributed by atoms with Gasteiger partial charge in [0.05, 0.1) is 5.75 Å². The van der Waals surface area contributed by atoms with Gasteiger partial charge in [-0.2, -0.15) is 0 Å². The zero-order valence-corrected chi connectivity index (χ0v) is 16.9. The van der Waals surface area contributed by atoms with E-state index in [1.807, 2.05) is 0 Å². The molecule has 1 aliphatic rings. The van der Waals surface area contributed by atoms with Crippen LogP contribution in [0.1, 0.15) is 46.0 Å². The number of phenols is 1. The second-order valence-electron chi connectivity index (χ2n) is 7.82. The van der Waals surface area contributed by atoms with Crippen LogP contribution in [0.15, 0.2) is 24.3 Å². The lowest BCUT2D eigenvalue weighted by Gasteiger charge is -2.27. The maximum absolute atomic E-state index is 12.9. The molecule has 1 heterocycles. The van der Waals surface area contributed by atoms with E-state index in [-0.39, 0.29) is 23.4 Å². The molecule has 1 amide bonds. The highest BCUT2D eigenvalue weighted by molar-refractivity contribution is 7.93. The monoisotopic (exact) mass is 406 g/mol. The quantitative estimate of drug-likeness (QED) is 0.677. The van der Waals surface area contributed by atoms with Crippen molar-refractivity contribution in [2.24, 2.45) is 5.92 Å². The summed E-state index contributed by atoms with van der Waals surface area (Å²) >= 11 is 0. The molecular weight excluding hydrogens is 380 g/mol. The Morgan fingerprint density at radius 2 is 1.82 bits per heavy atom. The van der Waals surface area contributed by atoms with Crippen LogP contribution < -0.4 is 5.32 Å². The van der Waals surface area contributed by atoms with Crippen molar-refractivity contribution in [3.8, 4) is 17.1 Å². The SMILES string of the molecule is CC(C)(C(=O)Nc1nnc(-c2ccc(O)cc2)[nH]1)S(=O)(=O)CC1CCCCC1. The average molecular weight is 407 g/mol. The lowest BCUT2D eigenvalue weighted by atomic mass is 9.91. The van der Waals surface area contributed by atoms with Crippen molar-refractivity contribution in [1.82, 2.24) is 15.2 Å². The number of amides is 1. The summed E-state index contributed by atoms with van der Waals surface area (Å²) in [6.45, 7) is 2.86. The summed E-state index contributed by atoms with van der Waals surface area (Å²) in [5.41, 5.74) is 0.676. The molecule has 0 aliphatic heterocycles. The van der Waals surface area contributed by atoms with Gasteiger partial charge in [-0.25, -0.2) is 8.42 Å². The molecule has 0 radical (unpaired) electrons. The molecule has 3 rings (SSSR count). The molecule has 1 saturated carbocycles. The molecule has 0 spiro atoms. The highest BCUT2D eigenvalue weighted by atomic mass is 32.2. The van der Waals surface area contributed by atoms with Crippen LogP contribution in [0.5, 0.6) is 5.75 Å². The Labute approximate surface area is 164 Å². The second-order valence-corrected chi connectivity index (χ2v) is 10.4. The van der Waals surface area contributed by atoms with E-state index in [2.05, 4.69) is 20.5 Å². The van der Waals surface area contributed by atoms with Gasteiger partial charge >= 0.3 is 0 Å². The molecule has 3 N–H and O–H groups in total. The van der Waals surface area contributed by atoms with Crippen LogP contribution in [0.3, 0.4) is 0 Å². The van der Waals surface area contributed by atoms with Crippen molar-refractivity contribution in [2.45, 2.75) is 50.7 Å². The first-order valence-electron chi connectivity index (χ1n) is 9.45. The topological polar surface area (TPSA) is 125 Å². The van der Waals surface area contributed by atoms with Crippen molar-refractivity contribution in [3.05, 3.63) is 24.3 Å². The molecule has 0 saturated heterocycles. The smallest absolute Gasteiger partial charge is 0.247 e. The molecule has 1 aliphatic carbocycles. The molecule has 8 nitrogen and oxygen atoms in total. The number of nitrogens with one attached hydrogen (secondary N) is 2. The molecule has 0 atom stereocenters. The van der Waals surface area contributed by atoms with Gasteiger partial charge in [-0.15, -0.1) is 10.2 Å². The molecule has 0 unspecified atom stereocenters. The van der Waals surface area contributed by atoms with Crippen LogP contribution in [0.4, 0.5) is 5.95 Å². The van der Waals surface area contributed by atoms with E-state index in [9.17, 15) is 18.3 Å². The van der Waals surface area contributed by atoms with E-state index in [1.165, 1.54) is 26.0 Å². The number of carbonyl (C=O) groups excluding carboxylic acids is 1. The number of sulfone groups is 1. The fraction of sp³-hybridized carbons (Fsp3) is 0.526. The first-order valence-corrected chi connectivity index (χ1v) is 11.1. The number of aromatic nitrogens is 3. The number of nitrogens with zero attached hydrogens (tertiary/aromatic N) is 2. The average Bonchev–Trinajstić information content (AvgIpc) is 3.11. The number of anilines is 1. The van der Waals surface area contributed by atoms with Crippen molar-refractivity contribution in [1.29, 1.82) is 0 Å². The van der Waals surface area contributed by atoms with Crippen molar-refractivity contribution in [2.75, 3.05) is 11.1 Å². The number of rotatable bonds is 6. The number of phenolic OH excluding ortho intramolecular Hbond substituents is 1. The van der Waals surface area contributed by atoms with Crippen LogP contribution in [0.25, 0.3) is 11.4 Å². The predicted octanol–water partition coefficient (Wildman–Crippen LogP) is 2.89. The molecular formula is C19H26N4O4S. The van der Waals surface area contributed by atoms with Gasteiger partial charge in [0.1, 0.15) is 10.5 Å².